The van der Waals surface area contributed by atoms with Crippen molar-refractivity contribution < 1.29 is 13.2 Å². The van der Waals surface area contributed by atoms with E-state index >= 15 is 0 Å². The number of rotatable bonds is 3. The molecule has 2 aromatic rings. The first kappa shape index (κ1) is 15.5. The summed E-state index contributed by atoms with van der Waals surface area (Å²) >= 11 is 0. The Morgan fingerprint density at radius 1 is 1.10 bits per heavy atom. The van der Waals surface area contributed by atoms with Crippen LogP contribution in [0.15, 0.2) is 36.5 Å². The Balaban J connectivity index is 2.37. The molecule has 0 aliphatic carbocycles. The standard InChI is InChI=1S/C15H16F3N3/c1-9-5-10(2)7-11(6-9)14(21-19)13-4-3-12(8-20-13)15(16,17)18/h3-8,14,21H,19H2,1-2H3. The molecule has 1 aromatic carbocycles. The van der Waals surface area contributed by atoms with Gasteiger partial charge in [0.05, 0.1) is 17.3 Å². The van der Waals surface area contributed by atoms with E-state index in [9.17, 15) is 13.2 Å². The lowest BCUT2D eigenvalue weighted by molar-refractivity contribution is -0.137. The molecule has 0 spiro atoms. The molecular weight excluding hydrogens is 279 g/mol. The van der Waals surface area contributed by atoms with Crippen LogP contribution in [0.4, 0.5) is 13.2 Å². The average Bonchev–Trinajstić information content (AvgIpc) is 2.38. The molecule has 0 aliphatic heterocycles. The summed E-state index contributed by atoms with van der Waals surface area (Å²) in [7, 11) is 0. The molecule has 3 N–H and O–H groups in total. The van der Waals surface area contributed by atoms with Gasteiger partial charge in [0, 0.05) is 6.20 Å². The lowest BCUT2D eigenvalue weighted by Gasteiger charge is -2.18. The number of nitrogens with one attached hydrogen (secondary N) is 1. The van der Waals surface area contributed by atoms with Gasteiger partial charge < -0.3 is 0 Å². The largest absolute Gasteiger partial charge is 0.417 e. The minimum absolute atomic E-state index is 0.440. The van der Waals surface area contributed by atoms with E-state index in [1.807, 2.05) is 32.0 Å². The summed E-state index contributed by atoms with van der Waals surface area (Å²) in [6.07, 6.45) is -3.57. The number of hydrazine groups is 1. The molecule has 2 rings (SSSR count). The van der Waals surface area contributed by atoms with Crippen LogP contribution in [-0.4, -0.2) is 4.98 Å². The molecular formula is C15H16F3N3. The van der Waals surface area contributed by atoms with Crippen LogP contribution >= 0.6 is 0 Å². The van der Waals surface area contributed by atoms with Crippen LogP contribution in [-0.2, 0) is 6.18 Å². The molecule has 1 unspecified atom stereocenters. The first-order valence-electron chi connectivity index (χ1n) is 6.38. The molecule has 0 bridgehead atoms. The number of halogens is 3. The van der Waals surface area contributed by atoms with Gasteiger partial charge in [0.1, 0.15) is 0 Å². The van der Waals surface area contributed by atoms with Crippen LogP contribution in [0.2, 0.25) is 0 Å². The van der Waals surface area contributed by atoms with Gasteiger partial charge in [0.15, 0.2) is 0 Å². The average molecular weight is 295 g/mol. The number of pyridine rings is 1. The van der Waals surface area contributed by atoms with Crippen molar-refractivity contribution in [2.45, 2.75) is 26.1 Å². The summed E-state index contributed by atoms with van der Waals surface area (Å²) in [4.78, 5) is 3.89. The van der Waals surface area contributed by atoms with Crippen molar-refractivity contribution in [2.24, 2.45) is 5.84 Å². The van der Waals surface area contributed by atoms with Gasteiger partial charge in [-0.15, -0.1) is 0 Å². The van der Waals surface area contributed by atoms with E-state index in [0.29, 0.717) is 5.69 Å². The molecule has 0 radical (unpaired) electrons. The molecule has 0 amide bonds. The molecule has 1 aromatic heterocycles. The zero-order valence-corrected chi connectivity index (χ0v) is 11.7. The maximum absolute atomic E-state index is 12.6. The molecule has 21 heavy (non-hydrogen) atoms. The Morgan fingerprint density at radius 3 is 2.14 bits per heavy atom. The number of hydrogen-bond acceptors (Lipinski definition) is 3. The van der Waals surface area contributed by atoms with E-state index in [4.69, 9.17) is 5.84 Å². The fraction of sp³-hybridized carbons (Fsp3) is 0.267. The molecule has 0 aliphatic rings. The Hall–Kier alpha value is -1.92. The first-order valence-corrected chi connectivity index (χ1v) is 6.38. The fourth-order valence-corrected chi connectivity index (χ4v) is 2.27. The third-order valence-corrected chi connectivity index (χ3v) is 3.15. The summed E-state index contributed by atoms with van der Waals surface area (Å²) in [5.74, 6) is 5.55. The Kier molecular flexibility index (Phi) is 4.29. The van der Waals surface area contributed by atoms with E-state index in [-0.39, 0.29) is 0 Å². The molecule has 0 saturated heterocycles. The molecule has 3 nitrogen and oxygen atoms in total. The topological polar surface area (TPSA) is 50.9 Å². The molecule has 1 heterocycles. The molecule has 0 saturated carbocycles. The lowest BCUT2D eigenvalue weighted by Crippen LogP contribution is -2.29. The second-order valence-electron chi connectivity index (χ2n) is 4.99. The minimum Gasteiger partial charge on any atom is -0.271 e. The fourth-order valence-electron chi connectivity index (χ4n) is 2.27. The highest BCUT2D eigenvalue weighted by Crippen LogP contribution is 2.30. The van der Waals surface area contributed by atoms with Crippen LogP contribution in [0, 0.1) is 13.8 Å². The molecule has 0 fully saturated rings. The highest BCUT2D eigenvalue weighted by atomic mass is 19.4. The van der Waals surface area contributed by atoms with Crippen molar-refractivity contribution in [3.05, 3.63) is 64.5 Å². The maximum Gasteiger partial charge on any atom is 0.417 e. The van der Waals surface area contributed by atoms with Crippen molar-refractivity contribution in [3.8, 4) is 0 Å². The predicted molar refractivity (Wildman–Crippen MR) is 74.3 cm³/mol. The van der Waals surface area contributed by atoms with Gasteiger partial charge in [0.2, 0.25) is 0 Å². The van der Waals surface area contributed by atoms with Crippen LogP contribution in [0.5, 0.6) is 0 Å². The normalized spacial score (nSPS) is 13.2. The van der Waals surface area contributed by atoms with E-state index in [0.717, 1.165) is 29.0 Å². The lowest BCUT2D eigenvalue weighted by atomic mass is 9.99. The molecule has 6 heteroatoms. The van der Waals surface area contributed by atoms with Gasteiger partial charge in [-0.1, -0.05) is 29.3 Å². The Morgan fingerprint density at radius 2 is 1.71 bits per heavy atom. The summed E-state index contributed by atoms with van der Waals surface area (Å²) in [6, 6.07) is 7.76. The quantitative estimate of drug-likeness (QED) is 0.675. The molecule has 1 atom stereocenters. The summed E-state index contributed by atoms with van der Waals surface area (Å²) in [5, 5.41) is 0. The van der Waals surface area contributed by atoms with Gasteiger partial charge in [-0.3, -0.25) is 10.8 Å². The maximum atomic E-state index is 12.6. The van der Waals surface area contributed by atoms with E-state index < -0.39 is 17.8 Å². The van der Waals surface area contributed by atoms with Gasteiger partial charge >= 0.3 is 6.18 Å². The number of nitrogens with two attached hydrogens (primary N) is 1. The highest BCUT2D eigenvalue weighted by molar-refractivity contribution is 5.35. The number of hydrogen-bond donors (Lipinski definition) is 2. The monoisotopic (exact) mass is 295 g/mol. The summed E-state index contributed by atoms with van der Waals surface area (Å²) in [5.41, 5.74) is 5.24. The van der Waals surface area contributed by atoms with Crippen LogP contribution < -0.4 is 11.3 Å². The van der Waals surface area contributed by atoms with E-state index in [1.54, 1.807) is 0 Å². The predicted octanol–water partition coefficient (Wildman–Crippen LogP) is 3.27. The van der Waals surface area contributed by atoms with Crippen molar-refractivity contribution in [2.75, 3.05) is 0 Å². The second-order valence-corrected chi connectivity index (χ2v) is 4.99. The summed E-state index contributed by atoms with van der Waals surface area (Å²) < 4.78 is 37.7. The highest BCUT2D eigenvalue weighted by Gasteiger charge is 2.31. The number of aryl methyl sites for hydroxylation is 2. The zero-order chi connectivity index (χ0) is 15.6. The van der Waals surface area contributed by atoms with Gasteiger partial charge in [-0.25, -0.2) is 5.43 Å². The third-order valence-electron chi connectivity index (χ3n) is 3.15. The van der Waals surface area contributed by atoms with E-state index in [2.05, 4.69) is 10.4 Å². The number of benzene rings is 1. The number of alkyl halides is 3. The van der Waals surface area contributed by atoms with Gasteiger partial charge in [0.25, 0.3) is 0 Å². The van der Waals surface area contributed by atoms with E-state index in [1.165, 1.54) is 6.07 Å². The molecule has 112 valence electrons. The van der Waals surface area contributed by atoms with Crippen LogP contribution in [0.25, 0.3) is 0 Å². The van der Waals surface area contributed by atoms with Crippen molar-refractivity contribution in [1.29, 1.82) is 0 Å². The van der Waals surface area contributed by atoms with Gasteiger partial charge in [-0.2, -0.15) is 13.2 Å². The second kappa shape index (κ2) is 5.83. The Bertz CT molecular complexity index is 601. The van der Waals surface area contributed by atoms with Crippen LogP contribution in [0.3, 0.4) is 0 Å². The SMILES string of the molecule is Cc1cc(C)cc(C(NN)c2ccc(C(F)(F)F)cn2)c1. The van der Waals surface area contributed by atoms with Crippen molar-refractivity contribution >= 4 is 0 Å². The number of aromatic nitrogens is 1. The summed E-state index contributed by atoms with van der Waals surface area (Å²) in [6.45, 7) is 3.90. The third kappa shape index (κ3) is 3.59. The van der Waals surface area contributed by atoms with Crippen LogP contribution in [0.1, 0.15) is 34.0 Å². The Labute approximate surface area is 121 Å². The van der Waals surface area contributed by atoms with Gasteiger partial charge in [-0.05, 0) is 31.5 Å². The first-order chi connectivity index (χ1) is 9.81. The van der Waals surface area contributed by atoms with Crippen molar-refractivity contribution in [1.82, 2.24) is 10.4 Å². The smallest absolute Gasteiger partial charge is 0.271 e. The zero-order valence-electron chi connectivity index (χ0n) is 11.7. The minimum atomic E-state index is -4.39. The number of nitrogens with zero attached hydrogens (tertiary/aromatic N) is 1. The van der Waals surface area contributed by atoms with Crippen molar-refractivity contribution in [3.63, 3.8) is 0 Å².